The fraction of sp³-hybridized carbons (Fsp3) is 0.231. The maximum Gasteiger partial charge on any atom is 0.272 e. The zero-order valence-corrected chi connectivity index (χ0v) is 19.0. The lowest BCUT2D eigenvalue weighted by atomic mass is 10.2. The van der Waals surface area contributed by atoms with Crippen molar-refractivity contribution >= 4 is 28.5 Å². The summed E-state index contributed by atoms with van der Waals surface area (Å²) < 4.78 is 1.90. The quantitative estimate of drug-likeness (QED) is 0.432. The van der Waals surface area contributed by atoms with Crippen molar-refractivity contribution in [3.05, 3.63) is 90.5 Å². The van der Waals surface area contributed by atoms with Crippen molar-refractivity contribution < 1.29 is 9.59 Å². The van der Waals surface area contributed by atoms with Gasteiger partial charge < -0.3 is 14.4 Å². The van der Waals surface area contributed by atoms with Crippen LogP contribution in [0.15, 0.2) is 79.0 Å². The molecule has 0 saturated heterocycles. The van der Waals surface area contributed by atoms with Gasteiger partial charge in [-0.25, -0.2) is 4.98 Å². The molecule has 0 aliphatic carbocycles. The first-order chi connectivity index (χ1) is 16.0. The molecule has 0 aliphatic heterocycles. The molecule has 4 aromatic rings. The zero-order chi connectivity index (χ0) is 23.4. The number of pyridine rings is 1. The average molecular weight is 442 g/mol. The van der Waals surface area contributed by atoms with Crippen LogP contribution in [0.5, 0.6) is 0 Å². The molecule has 4 rings (SSSR count). The summed E-state index contributed by atoms with van der Waals surface area (Å²) in [6.45, 7) is 4.37. The smallest absolute Gasteiger partial charge is 0.272 e. The SMILES string of the molecule is CC(C)N(C(=O)Cn1c(CN(C)C(=O)c2ccccn2)nc2ccccc21)c1ccccc1. The molecule has 0 saturated carbocycles. The molecule has 0 bridgehead atoms. The number of para-hydroxylation sites is 3. The van der Waals surface area contributed by atoms with E-state index in [1.54, 1.807) is 41.2 Å². The van der Waals surface area contributed by atoms with Gasteiger partial charge in [0.05, 0.1) is 17.6 Å². The van der Waals surface area contributed by atoms with E-state index in [0.29, 0.717) is 11.5 Å². The predicted octanol–water partition coefficient (Wildman–Crippen LogP) is 4.15. The summed E-state index contributed by atoms with van der Waals surface area (Å²) in [6.07, 6.45) is 1.60. The molecule has 0 aliphatic rings. The summed E-state index contributed by atoms with van der Waals surface area (Å²) in [6, 6.07) is 22.6. The van der Waals surface area contributed by atoms with Gasteiger partial charge in [-0.15, -0.1) is 0 Å². The molecule has 0 spiro atoms. The van der Waals surface area contributed by atoms with Crippen LogP contribution in [0.1, 0.15) is 30.2 Å². The topological polar surface area (TPSA) is 71.3 Å². The van der Waals surface area contributed by atoms with Crippen LogP contribution in [0.2, 0.25) is 0 Å². The van der Waals surface area contributed by atoms with Crippen molar-refractivity contribution in [2.75, 3.05) is 11.9 Å². The number of aromatic nitrogens is 3. The number of hydrogen-bond acceptors (Lipinski definition) is 4. The fourth-order valence-electron chi connectivity index (χ4n) is 3.92. The largest absolute Gasteiger partial charge is 0.333 e. The first-order valence-corrected chi connectivity index (χ1v) is 10.9. The van der Waals surface area contributed by atoms with E-state index in [-0.39, 0.29) is 30.9 Å². The van der Waals surface area contributed by atoms with Crippen molar-refractivity contribution in [3.8, 4) is 0 Å². The molecule has 2 aromatic carbocycles. The number of benzene rings is 2. The van der Waals surface area contributed by atoms with Crippen LogP contribution in [-0.4, -0.2) is 44.3 Å². The molecule has 2 aromatic heterocycles. The highest BCUT2D eigenvalue weighted by Crippen LogP contribution is 2.21. The van der Waals surface area contributed by atoms with Gasteiger partial charge in [-0.05, 0) is 50.2 Å². The standard InChI is InChI=1S/C26H27N5O2/c1-19(2)31(20-11-5-4-6-12-20)25(32)18-30-23-15-8-7-13-21(23)28-24(30)17-29(3)26(33)22-14-9-10-16-27-22/h4-16,19H,17-18H2,1-3H3. The van der Waals surface area contributed by atoms with E-state index in [1.807, 2.05) is 73.0 Å². The number of hydrogen-bond donors (Lipinski definition) is 0. The maximum absolute atomic E-state index is 13.5. The van der Waals surface area contributed by atoms with Crippen molar-refractivity contribution in [3.63, 3.8) is 0 Å². The van der Waals surface area contributed by atoms with Crippen LogP contribution in [0.3, 0.4) is 0 Å². The number of carbonyl (C=O) groups excluding carboxylic acids is 2. The minimum absolute atomic E-state index is 0.00783. The van der Waals surface area contributed by atoms with Crippen molar-refractivity contribution in [1.82, 2.24) is 19.4 Å². The summed E-state index contributed by atoms with van der Waals surface area (Å²) in [5, 5.41) is 0. The zero-order valence-electron chi connectivity index (χ0n) is 19.0. The Labute approximate surface area is 193 Å². The van der Waals surface area contributed by atoms with Crippen molar-refractivity contribution in [1.29, 1.82) is 0 Å². The fourth-order valence-corrected chi connectivity index (χ4v) is 3.92. The minimum Gasteiger partial charge on any atom is -0.333 e. The van der Waals surface area contributed by atoms with Gasteiger partial charge in [0.1, 0.15) is 18.1 Å². The molecule has 33 heavy (non-hydrogen) atoms. The third-order valence-corrected chi connectivity index (χ3v) is 5.46. The molecule has 0 unspecified atom stereocenters. The number of carbonyl (C=O) groups is 2. The van der Waals surface area contributed by atoms with E-state index in [4.69, 9.17) is 4.98 Å². The number of rotatable bonds is 7. The summed E-state index contributed by atoms with van der Waals surface area (Å²) in [5.74, 6) is 0.404. The Morgan fingerprint density at radius 2 is 1.64 bits per heavy atom. The second-order valence-electron chi connectivity index (χ2n) is 8.17. The van der Waals surface area contributed by atoms with Crippen LogP contribution >= 0.6 is 0 Å². The van der Waals surface area contributed by atoms with Gasteiger partial charge in [0.15, 0.2) is 0 Å². The Hall–Kier alpha value is -4.00. The van der Waals surface area contributed by atoms with Crippen LogP contribution in [0.4, 0.5) is 5.69 Å². The van der Waals surface area contributed by atoms with E-state index < -0.39 is 0 Å². The lowest BCUT2D eigenvalue weighted by Gasteiger charge is -2.27. The molecule has 0 radical (unpaired) electrons. The molecule has 0 fully saturated rings. The lowest BCUT2D eigenvalue weighted by Crippen LogP contribution is -2.39. The van der Waals surface area contributed by atoms with Gasteiger partial charge in [0.25, 0.3) is 5.91 Å². The third-order valence-electron chi connectivity index (χ3n) is 5.46. The van der Waals surface area contributed by atoms with E-state index in [0.717, 1.165) is 16.7 Å². The average Bonchev–Trinajstić information content (AvgIpc) is 3.16. The van der Waals surface area contributed by atoms with Crippen LogP contribution in [-0.2, 0) is 17.9 Å². The Kier molecular flexibility index (Phi) is 6.49. The number of imidazole rings is 1. The van der Waals surface area contributed by atoms with Gasteiger partial charge in [-0.1, -0.05) is 36.4 Å². The van der Waals surface area contributed by atoms with Crippen molar-refractivity contribution in [2.45, 2.75) is 33.0 Å². The normalized spacial score (nSPS) is 11.0. The Bertz CT molecular complexity index is 1250. The van der Waals surface area contributed by atoms with E-state index in [9.17, 15) is 9.59 Å². The molecule has 2 amide bonds. The van der Waals surface area contributed by atoms with Gasteiger partial charge in [0.2, 0.25) is 5.91 Å². The van der Waals surface area contributed by atoms with Gasteiger partial charge in [0, 0.05) is 25.0 Å². The highest BCUT2D eigenvalue weighted by molar-refractivity contribution is 5.95. The van der Waals surface area contributed by atoms with Crippen LogP contribution < -0.4 is 4.90 Å². The monoisotopic (exact) mass is 441 g/mol. The van der Waals surface area contributed by atoms with Gasteiger partial charge in [-0.3, -0.25) is 14.6 Å². The predicted molar refractivity (Wildman–Crippen MR) is 129 cm³/mol. The summed E-state index contributed by atoms with van der Waals surface area (Å²) in [7, 11) is 1.72. The Morgan fingerprint density at radius 1 is 0.939 bits per heavy atom. The highest BCUT2D eigenvalue weighted by Gasteiger charge is 2.23. The molecule has 168 valence electrons. The minimum atomic E-state index is -0.200. The van der Waals surface area contributed by atoms with Crippen LogP contribution in [0, 0.1) is 0 Å². The summed E-state index contributed by atoms with van der Waals surface area (Å²) in [5.41, 5.74) is 2.87. The third kappa shape index (κ3) is 4.77. The van der Waals surface area contributed by atoms with Gasteiger partial charge >= 0.3 is 0 Å². The summed E-state index contributed by atoms with van der Waals surface area (Å²) >= 11 is 0. The van der Waals surface area contributed by atoms with Crippen LogP contribution in [0.25, 0.3) is 11.0 Å². The Balaban J connectivity index is 1.65. The number of anilines is 1. The van der Waals surface area contributed by atoms with E-state index in [1.165, 1.54) is 0 Å². The van der Waals surface area contributed by atoms with E-state index >= 15 is 0 Å². The molecule has 0 N–H and O–H groups in total. The Morgan fingerprint density at radius 3 is 2.33 bits per heavy atom. The summed E-state index contributed by atoms with van der Waals surface area (Å²) in [4.78, 5) is 38.6. The van der Waals surface area contributed by atoms with Gasteiger partial charge in [-0.2, -0.15) is 0 Å². The lowest BCUT2D eigenvalue weighted by molar-refractivity contribution is -0.119. The first-order valence-electron chi connectivity index (χ1n) is 10.9. The first kappa shape index (κ1) is 22.2. The number of fused-ring (bicyclic) bond motifs is 1. The highest BCUT2D eigenvalue weighted by atomic mass is 16.2. The maximum atomic E-state index is 13.5. The molecular formula is C26H27N5O2. The molecule has 0 atom stereocenters. The molecule has 7 nitrogen and oxygen atoms in total. The van der Waals surface area contributed by atoms with Crippen molar-refractivity contribution in [2.24, 2.45) is 0 Å². The molecule has 7 heteroatoms. The number of nitrogens with zero attached hydrogens (tertiary/aromatic N) is 5. The van der Waals surface area contributed by atoms with E-state index in [2.05, 4.69) is 4.98 Å². The molecule has 2 heterocycles. The second kappa shape index (κ2) is 9.65. The molecular weight excluding hydrogens is 414 g/mol. The number of amides is 2. The second-order valence-corrected chi connectivity index (χ2v) is 8.17.